The molecule has 0 aliphatic heterocycles. The van der Waals surface area contributed by atoms with E-state index in [1.54, 1.807) is 0 Å². The molecule has 0 bridgehead atoms. The van der Waals surface area contributed by atoms with Crippen LogP contribution < -0.4 is 5.73 Å². The highest BCUT2D eigenvalue weighted by molar-refractivity contribution is 5.96. The second-order valence-corrected chi connectivity index (χ2v) is 7.05. The third-order valence-electron chi connectivity index (χ3n) is 4.27. The van der Waals surface area contributed by atoms with Crippen LogP contribution >= 0.6 is 0 Å². The summed E-state index contributed by atoms with van der Waals surface area (Å²) in [5, 5.41) is 0. The molecule has 0 saturated carbocycles. The first-order valence-corrected chi connectivity index (χ1v) is 8.20. The molecular weight excluding hydrogens is 258 g/mol. The largest absolute Gasteiger partial charge is 0.330 e. The van der Waals surface area contributed by atoms with Gasteiger partial charge in [-0.1, -0.05) is 58.4 Å². The quantitative estimate of drug-likeness (QED) is 0.710. The number of benzene rings is 1. The van der Waals surface area contributed by atoms with Gasteiger partial charge in [0, 0.05) is 12.0 Å². The Morgan fingerprint density at radius 1 is 1.14 bits per heavy atom. The van der Waals surface area contributed by atoms with Gasteiger partial charge in [-0.15, -0.1) is 0 Å². The van der Waals surface area contributed by atoms with Crippen LogP contribution in [0, 0.1) is 11.3 Å². The number of carbonyl (C=O) groups excluding carboxylic acids is 1. The summed E-state index contributed by atoms with van der Waals surface area (Å²) < 4.78 is 0. The Morgan fingerprint density at radius 2 is 1.76 bits per heavy atom. The molecule has 0 spiro atoms. The van der Waals surface area contributed by atoms with Crippen molar-refractivity contribution in [3.05, 3.63) is 35.4 Å². The van der Waals surface area contributed by atoms with Gasteiger partial charge in [-0.05, 0) is 42.7 Å². The number of rotatable bonds is 8. The van der Waals surface area contributed by atoms with Crippen molar-refractivity contribution in [2.24, 2.45) is 17.1 Å². The molecule has 0 radical (unpaired) electrons. The number of carbonyl (C=O) groups is 1. The Labute approximate surface area is 130 Å². The summed E-state index contributed by atoms with van der Waals surface area (Å²) in [6.45, 7) is 9.57. The summed E-state index contributed by atoms with van der Waals surface area (Å²) in [5.41, 5.74) is 8.07. The van der Waals surface area contributed by atoms with Crippen LogP contribution in [0.1, 0.15) is 69.3 Å². The molecule has 0 aliphatic carbocycles. The van der Waals surface area contributed by atoms with Gasteiger partial charge in [-0.25, -0.2) is 0 Å². The zero-order valence-electron chi connectivity index (χ0n) is 14.1. The molecule has 1 rings (SSSR count). The number of hydrogen-bond acceptors (Lipinski definition) is 2. The summed E-state index contributed by atoms with van der Waals surface area (Å²) in [4.78, 5) is 12.3. The molecule has 118 valence electrons. The summed E-state index contributed by atoms with van der Waals surface area (Å²) in [6, 6.07) is 8.11. The van der Waals surface area contributed by atoms with E-state index in [0.717, 1.165) is 31.2 Å². The van der Waals surface area contributed by atoms with E-state index in [-0.39, 0.29) is 11.2 Å². The highest BCUT2D eigenvalue weighted by Gasteiger charge is 2.24. The van der Waals surface area contributed by atoms with Crippen molar-refractivity contribution in [1.29, 1.82) is 0 Å². The molecule has 0 heterocycles. The van der Waals surface area contributed by atoms with E-state index >= 15 is 0 Å². The van der Waals surface area contributed by atoms with Crippen LogP contribution in [0.15, 0.2) is 24.3 Å². The number of ketones is 1. The lowest BCUT2D eigenvalue weighted by Gasteiger charge is -2.30. The number of aryl methyl sites for hydroxylation is 1. The molecule has 1 unspecified atom stereocenters. The molecule has 0 aliphatic rings. The van der Waals surface area contributed by atoms with Crippen molar-refractivity contribution < 1.29 is 4.79 Å². The monoisotopic (exact) mass is 289 g/mol. The van der Waals surface area contributed by atoms with Crippen molar-refractivity contribution in [1.82, 2.24) is 0 Å². The zero-order valence-corrected chi connectivity index (χ0v) is 14.1. The fourth-order valence-electron chi connectivity index (χ4n) is 2.81. The first-order valence-electron chi connectivity index (χ1n) is 8.20. The fraction of sp³-hybridized carbons (Fsp3) is 0.632. The normalized spacial score (nSPS) is 13.2. The Hall–Kier alpha value is -1.15. The van der Waals surface area contributed by atoms with E-state index in [1.807, 2.05) is 12.1 Å². The minimum absolute atomic E-state index is 0.213. The minimum Gasteiger partial charge on any atom is -0.330 e. The standard InChI is InChI=1S/C19H31NO/c1-5-6-15-7-9-16(10-8-15)18(21)12-11-17(13-14-20)19(2,3)4/h7-10,17H,5-6,11-14,20H2,1-4H3. The molecule has 0 amide bonds. The lowest BCUT2D eigenvalue weighted by Crippen LogP contribution is -2.24. The van der Waals surface area contributed by atoms with Gasteiger partial charge in [0.2, 0.25) is 0 Å². The Bertz CT molecular complexity index is 428. The average molecular weight is 289 g/mol. The van der Waals surface area contributed by atoms with Crippen LogP contribution in [0.4, 0.5) is 0 Å². The minimum atomic E-state index is 0.213. The van der Waals surface area contributed by atoms with Gasteiger partial charge in [0.25, 0.3) is 0 Å². The van der Waals surface area contributed by atoms with Crippen LogP contribution in [0.3, 0.4) is 0 Å². The lowest BCUT2D eigenvalue weighted by molar-refractivity contribution is 0.0957. The highest BCUT2D eigenvalue weighted by Crippen LogP contribution is 2.32. The Kier molecular flexibility index (Phi) is 7.10. The predicted molar refractivity (Wildman–Crippen MR) is 90.6 cm³/mol. The maximum Gasteiger partial charge on any atom is 0.162 e. The van der Waals surface area contributed by atoms with E-state index < -0.39 is 0 Å². The van der Waals surface area contributed by atoms with Gasteiger partial charge in [-0.3, -0.25) is 4.79 Å². The van der Waals surface area contributed by atoms with Gasteiger partial charge in [-0.2, -0.15) is 0 Å². The number of nitrogens with two attached hydrogens (primary N) is 1. The third kappa shape index (κ3) is 6.01. The maximum atomic E-state index is 12.3. The van der Waals surface area contributed by atoms with E-state index in [2.05, 4.69) is 39.8 Å². The SMILES string of the molecule is CCCc1ccc(C(=O)CCC(CCN)C(C)(C)C)cc1. The third-order valence-corrected chi connectivity index (χ3v) is 4.27. The molecule has 0 fully saturated rings. The molecule has 21 heavy (non-hydrogen) atoms. The lowest BCUT2D eigenvalue weighted by atomic mass is 9.76. The van der Waals surface area contributed by atoms with Gasteiger partial charge >= 0.3 is 0 Å². The Balaban J connectivity index is 2.59. The van der Waals surface area contributed by atoms with Crippen LogP contribution in [0.5, 0.6) is 0 Å². The Morgan fingerprint density at radius 3 is 2.24 bits per heavy atom. The van der Waals surface area contributed by atoms with E-state index in [4.69, 9.17) is 5.73 Å². The van der Waals surface area contributed by atoms with Crippen LogP contribution in [-0.2, 0) is 6.42 Å². The molecule has 1 aromatic carbocycles. The molecular formula is C19H31NO. The van der Waals surface area contributed by atoms with Crippen molar-refractivity contribution in [2.75, 3.05) is 6.54 Å². The second-order valence-electron chi connectivity index (χ2n) is 7.05. The van der Waals surface area contributed by atoms with Crippen molar-refractivity contribution in [3.8, 4) is 0 Å². The smallest absolute Gasteiger partial charge is 0.162 e. The number of hydrogen-bond donors (Lipinski definition) is 1. The second kappa shape index (κ2) is 8.33. The van der Waals surface area contributed by atoms with Gasteiger partial charge in [0.05, 0.1) is 0 Å². The average Bonchev–Trinajstić information content (AvgIpc) is 2.43. The van der Waals surface area contributed by atoms with Crippen LogP contribution in [0.2, 0.25) is 0 Å². The predicted octanol–water partition coefficient (Wildman–Crippen LogP) is 4.61. The van der Waals surface area contributed by atoms with Crippen LogP contribution in [0.25, 0.3) is 0 Å². The van der Waals surface area contributed by atoms with Gasteiger partial charge < -0.3 is 5.73 Å². The topological polar surface area (TPSA) is 43.1 Å². The number of Topliss-reactive ketones (excluding diaryl/α,β-unsaturated/α-hetero) is 1. The molecule has 1 atom stereocenters. The first kappa shape index (κ1) is 17.9. The zero-order chi connectivity index (χ0) is 15.9. The molecule has 2 nitrogen and oxygen atoms in total. The molecule has 2 heteroatoms. The maximum absolute atomic E-state index is 12.3. The van der Waals surface area contributed by atoms with E-state index in [0.29, 0.717) is 18.9 Å². The molecule has 2 N–H and O–H groups in total. The first-order chi connectivity index (χ1) is 9.88. The van der Waals surface area contributed by atoms with Crippen LogP contribution in [-0.4, -0.2) is 12.3 Å². The summed E-state index contributed by atoms with van der Waals surface area (Å²) in [7, 11) is 0. The molecule has 0 saturated heterocycles. The highest BCUT2D eigenvalue weighted by atomic mass is 16.1. The summed E-state index contributed by atoms with van der Waals surface area (Å²) in [6.07, 6.45) is 4.76. The fourth-order valence-corrected chi connectivity index (χ4v) is 2.81. The van der Waals surface area contributed by atoms with Gasteiger partial charge in [0.1, 0.15) is 0 Å². The molecule has 1 aromatic rings. The van der Waals surface area contributed by atoms with Crippen molar-refractivity contribution >= 4 is 5.78 Å². The van der Waals surface area contributed by atoms with Crippen molar-refractivity contribution in [3.63, 3.8) is 0 Å². The van der Waals surface area contributed by atoms with E-state index in [9.17, 15) is 4.79 Å². The van der Waals surface area contributed by atoms with Crippen molar-refractivity contribution in [2.45, 2.75) is 59.8 Å². The summed E-state index contributed by atoms with van der Waals surface area (Å²) >= 11 is 0. The summed E-state index contributed by atoms with van der Waals surface area (Å²) in [5.74, 6) is 0.759. The molecule has 0 aromatic heterocycles. The van der Waals surface area contributed by atoms with E-state index in [1.165, 1.54) is 5.56 Å². The van der Waals surface area contributed by atoms with Gasteiger partial charge in [0.15, 0.2) is 5.78 Å².